The van der Waals surface area contributed by atoms with Crippen LogP contribution < -0.4 is 4.89 Å². The summed E-state index contributed by atoms with van der Waals surface area (Å²) >= 11 is 0. The summed E-state index contributed by atoms with van der Waals surface area (Å²) < 4.78 is 54.0. The molecule has 0 amide bonds. The van der Waals surface area contributed by atoms with E-state index in [1.807, 2.05) is 0 Å². The molecule has 0 saturated carbocycles. The first-order valence-corrected chi connectivity index (χ1v) is 9.77. The molecular weight excluding hydrogens is 381 g/mol. The standard InChI is InChI=1S/C14H25B2O10P/c1-19-5-7-10(12(22-4)14(16)24-7)26-27(17,18)23-6-8-9(20-2)11(21-3)13(15)25-8/h7-14H,5-6H2,1-4H3,(H,17,18)/p-1. The molecule has 0 spiro atoms. The van der Waals surface area contributed by atoms with E-state index in [9.17, 15) is 9.46 Å². The number of ether oxygens (including phenoxy) is 6. The first-order chi connectivity index (χ1) is 12.8. The van der Waals surface area contributed by atoms with Crippen molar-refractivity contribution in [3.8, 4) is 0 Å². The molecule has 9 unspecified atom stereocenters. The number of hydrogen-bond acceptors (Lipinski definition) is 10. The highest BCUT2D eigenvalue weighted by molar-refractivity contribution is 7.45. The third-order valence-electron chi connectivity index (χ3n) is 4.49. The molecule has 27 heavy (non-hydrogen) atoms. The van der Waals surface area contributed by atoms with Gasteiger partial charge in [0.05, 0.1) is 13.2 Å². The largest absolute Gasteiger partial charge is 0.756 e. The molecule has 2 rings (SSSR count). The van der Waals surface area contributed by atoms with Gasteiger partial charge in [-0.05, 0) is 0 Å². The Morgan fingerprint density at radius 3 is 1.81 bits per heavy atom. The average molecular weight is 405 g/mol. The second-order valence-corrected chi connectivity index (χ2v) is 7.51. The van der Waals surface area contributed by atoms with Crippen molar-refractivity contribution in [3.63, 3.8) is 0 Å². The molecule has 2 heterocycles. The first kappa shape index (κ1) is 23.3. The second kappa shape index (κ2) is 10.2. The molecule has 0 aliphatic carbocycles. The van der Waals surface area contributed by atoms with Gasteiger partial charge in [0.1, 0.15) is 52.3 Å². The highest BCUT2D eigenvalue weighted by Crippen LogP contribution is 2.44. The third-order valence-corrected chi connectivity index (χ3v) is 5.45. The predicted octanol–water partition coefficient (Wildman–Crippen LogP) is -1.67. The number of methoxy groups -OCH3 is 4. The van der Waals surface area contributed by atoms with Gasteiger partial charge in [0.15, 0.2) is 0 Å². The van der Waals surface area contributed by atoms with E-state index in [1.165, 1.54) is 28.4 Å². The topological polar surface area (TPSA) is 114 Å². The lowest BCUT2D eigenvalue weighted by molar-refractivity contribution is -0.236. The maximum Gasteiger partial charge on any atom is 0.268 e. The molecule has 2 aliphatic heterocycles. The highest BCUT2D eigenvalue weighted by Gasteiger charge is 2.46. The molecule has 0 aromatic carbocycles. The summed E-state index contributed by atoms with van der Waals surface area (Å²) in [6, 6.07) is -1.64. The number of phosphoric acid groups is 1. The average Bonchev–Trinajstić information content (AvgIpc) is 3.08. The van der Waals surface area contributed by atoms with Gasteiger partial charge in [-0.2, -0.15) is 0 Å². The van der Waals surface area contributed by atoms with Gasteiger partial charge in [0, 0.05) is 40.4 Å². The van der Waals surface area contributed by atoms with Crippen LogP contribution in [0.5, 0.6) is 0 Å². The monoisotopic (exact) mass is 405 g/mol. The van der Waals surface area contributed by atoms with E-state index < -0.39 is 56.5 Å². The Morgan fingerprint density at radius 1 is 0.852 bits per heavy atom. The zero-order valence-electron chi connectivity index (χ0n) is 15.7. The van der Waals surface area contributed by atoms with Gasteiger partial charge in [-0.15, -0.1) is 0 Å². The van der Waals surface area contributed by atoms with Crippen molar-refractivity contribution in [1.29, 1.82) is 0 Å². The quantitative estimate of drug-likeness (QED) is 0.309. The molecule has 10 nitrogen and oxygen atoms in total. The lowest BCUT2D eigenvalue weighted by Crippen LogP contribution is -2.40. The fourth-order valence-corrected chi connectivity index (χ4v) is 4.18. The van der Waals surface area contributed by atoms with Crippen LogP contribution in [0.1, 0.15) is 0 Å². The highest BCUT2D eigenvalue weighted by atomic mass is 31.2. The summed E-state index contributed by atoms with van der Waals surface area (Å²) in [7, 11) is 12.5. The van der Waals surface area contributed by atoms with Gasteiger partial charge in [0.25, 0.3) is 7.82 Å². The number of rotatable bonds is 10. The van der Waals surface area contributed by atoms with Crippen LogP contribution in [-0.4, -0.2) is 106 Å². The Balaban J connectivity index is 1.98. The summed E-state index contributed by atoms with van der Waals surface area (Å²) in [6.07, 6.45) is -4.47. The van der Waals surface area contributed by atoms with Gasteiger partial charge in [-0.1, -0.05) is 0 Å². The van der Waals surface area contributed by atoms with Crippen LogP contribution in [0.15, 0.2) is 0 Å². The van der Waals surface area contributed by atoms with Crippen LogP contribution in [0.2, 0.25) is 0 Å². The van der Waals surface area contributed by atoms with E-state index in [0.717, 1.165) is 0 Å². The Kier molecular flexibility index (Phi) is 8.76. The van der Waals surface area contributed by atoms with Crippen LogP contribution >= 0.6 is 7.82 Å². The third kappa shape index (κ3) is 5.54. The molecule has 2 aliphatic rings. The first-order valence-electron chi connectivity index (χ1n) is 8.31. The Hall–Kier alpha value is -0.000130. The SMILES string of the molecule is [B]C1OC(COP(=O)([O-])OC2C(COC)OC([B])C2OC)C(OC)C1OC. The maximum atomic E-state index is 12.3. The summed E-state index contributed by atoms with van der Waals surface area (Å²) in [5.41, 5.74) is 0. The van der Waals surface area contributed by atoms with E-state index in [0.29, 0.717) is 0 Å². The van der Waals surface area contributed by atoms with Crippen LogP contribution in [-0.2, 0) is 42.0 Å². The lowest BCUT2D eigenvalue weighted by Gasteiger charge is -2.31. The van der Waals surface area contributed by atoms with Crippen molar-refractivity contribution in [3.05, 3.63) is 0 Å². The van der Waals surface area contributed by atoms with Crippen molar-refractivity contribution in [2.75, 3.05) is 41.7 Å². The summed E-state index contributed by atoms with van der Waals surface area (Å²) in [4.78, 5) is 12.3. The van der Waals surface area contributed by atoms with Crippen molar-refractivity contribution < 1.29 is 46.9 Å². The van der Waals surface area contributed by atoms with E-state index in [2.05, 4.69) is 0 Å². The smallest absolute Gasteiger partial charge is 0.268 e. The van der Waals surface area contributed by atoms with Crippen LogP contribution in [0.3, 0.4) is 0 Å². The number of phosphoric ester groups is 1. The molecule has 0 aromatic heterocycles. The van der Waals surface area contributed by atoms with Crippen LogP contribution in [0, 0.1) is 0 Å². The zero-order chi connectivity index (χ0) is 20.2. The van der Waals surface area contributed by atoms with Crippen molar-refractivity contribution >= 4 is 23.5 Å². The lowest BCUT2D eigenvalue weighted by atomic mass is 9.93. The van der Waals surface area contributed by atoms with E-state index in [4.69, 9.17) is 53.2 Å². The van der Waals surface area contributed by atoms with Crippen molar-refractivity contribution in [2.24, 2.45) is 0 Å². The summed E-state index contributed by atoms with van der Waals surface area (Å²) in [5.74, 6) is 0. The van der Waals surface area contributed by atoms with E-state index in [1.54, 1.807) is 0 Å². The molecule has 13 heteroatoms. The van der Waals surface area contributed by atoms with Crippen LogP contribution in [0.4, 0.5) is 0 Å². The zero-order valence-corrected chi connectivity index (χ0v) is 16.6. The molecule has 9 atom stereocenters. The molecule has 0 bridgehead atoms. The fourth-order valence-electron chi connectivity index (χ4n) is 3.24. The minimum absolute atomic E-state index is 0.0695. The number of hydrogen-bond donors (Lipinski definition) is 0. The molecular formula is C14H24B2O10P-. The fraction of sp³-hybridized carbons (Fsp3) is 1.00. The van der Waals surface area contributed by atoms with Gasteiger partial charge in [-0.3, -0.25) is 4.57 Å². The summed E-state index contributed by atoms with van der Waals surface area (Å²) in [6.45, 7) is -0.293. The predicted molar refractivity (Wildman–Crippen MR) is 91.5 cm³/mol. The van der Waals surface area contributed by atoms with Gasteiger partial charge >= 0.3 is 0 Å². The summed E-state index contributed by atoms with van der Waals surface area (Å²) in [5, 5.41) is 0. The molecule has 4 radical (unpaired) electrons. The molecule has 2 saturated heterocycles. The molecule has 2 fully saturated rings. The molecule has 152 valence electrons. The Bertz CT molecular complexity index is 514. The van der Waals surface area contributed by atoms with Gasteiger partial charge in [-0.25, -0.2) is 0 Å². The normalized spacial score (nSPS) is 41.7. The van der Waals surface area contributed by atoms with E-state index >= 15 is 0 Å². The van der Waals surface area contributed by atoms with Crippen molar-refractivity contribution in [2.45, 2.75) is 48.6 Å². The van der Waals surface area contributed by atoms with Gasteiger partial charge < -0.3 is 42.4 Å². The second-order valence-electron chi connectivity index (χ2n) is 6.15. The van der Waals surface area contributed by atoms with Crippen LogP contribution in [0.25, 0.3) is 0 Å². The van der Waals surface area contributed by atoms with E-state index in [-0.39, 0.29) is 13.2 Å². The molecule has 0 aromatic rings. The Morgan fingerprint density at radius 2 is 1.33 bits per heavy atom. The Labute approximate surface area is 161 Å². The minimum atomic E-state index is -4.76. The van der Waals surface area contributed by atoms with Crippen molar-refractivity contribution in [1.82, 2.24) is 0 Å². The van der Waals surface area contributed by atoms with Gasteiger partial charge in [0.2, 0.25) is 0 Å². The maximum absolute atomic E-state index is 12.3. The molecule has 0 N–H and O–H groups in total. The minimum Gasteiger partial charge on any atom is -0.756 e.